The van der Waals surface area contributed by atoms with E-state index in [1.165, 1.54) is 0 Å². The van der Waals surface area contributed by atoms with E-state index in [0.717, 1.165) is 48.2 Å². The molecule has 0 spiro atoms. The summed E-state index contributed by atoms with van der Waals surface area (Å²) in [6.45, 7) is 3.27. The van der Waals surface area contributed by atoms with Crippen molar-refractivity contribution in [2.75, 3.05) is 36.2 Å². The molecule has 0 saturated carbocycles. The van der Waals surface area contributed by atoms with Crippen LogP contribution in [0.3, 0.4) is 0 Å². The van der Waals surface area contributed by atoms with Crippen molar-refractivity contribution < 1.29 is 0 Å². The maximum atomic E-state index is 4.54. The van der Waals surface area contributed by atoms with Gasteiger partial charge in [-0.1, -0.05) is 34.1 Å². The van der Waals surface area contributed by atoms with Crippen molar-refractivity contribution in [1.82, 2.24) is 30.2 Å². The molecule has 0 bridgehead atoms. The maximum Gasteiger partial charge on any atom is 0.115 e. The lowest BCUT2D eigenvalue weighted by atomic mass is 10.3. The highest BCUT2D eigenvalue weighted by molar-refractivity contribution is 5.73. The zero-order valence-corrected chi connectivity index (χ0v) is 13.0. The molecule has 1 fully saturated rings. The molecular formula is C16H16N8. The molecule has 1 saturated heterocycles. The van der Waals surface area contributed by atoms with Gasteiger partial charge in [0.2, 0.25) is 0 Å². The molecule has 0 aliphatic carbocycles. The molecule has 120 valence electrons. The van der Waals surface area contributed by atoms with Crippen LogP contribution < -0.4 is 10.0 Å². The Morgan fingerprint density at radius 1 is 0.500 bits per heavy atom. The second-order valence-electron chi connectivity index (χ2n) is 5.82. The van der Waals surface area contributed by atoms with Gasteiger partial charge >= 0.3 is 0 Å². The van der Waals surface area contributed by atoms with Crippen molar-refractivity contribution in [3.8, 4) is 0 Å². The molecule has 8 heteroatoms. The van der Waals surface area contributed by atoms with Gasteiger partial charge in [0.15, 0.2) is 0 Å². The Balaban J connectivity index is 1.34. The van der Waals surface area contributed by atoms with Crippen LogP contribution in [0, 0.1) is 0 Å². The van der Waals surface area contributed by atoms with Gasteiger partial charge in [0.05, 0.1) is 26.2 Å². The van der Waals surface area contributed by atoms with Crippen LogP contribution in [0.4, 0.5) is 0 Å². The summed E-state index contributed by atoms with van der Waals surface area (Å²) in [4.78, 5) is 3.43. The molecule has 8 nitrogen and oxygen atoms in total. The van der Waals surface area contributed by atoms with E-state index in [-0.39, 0.29) is 0 Å². The van der Waals surface area contributed by atoms with Crippen LogP contribution >= 0.6 is 0 Å². The van der Waals surface area contributed by atoms with Crippen LogP contribution in [0.15, 0.2) is 48.5 Å². The second kappa shape index (κ2) is 5.19. The molecule has 4 aromatic rings. The van der Waals surface area contributed by atoms with E-state index < -0.39 is 0 Å². The molecule has 0 atom stereocenters. The number of hydrogen-bond acceptors (Lipinski definition) is 6. The number of piperazine rings is 1. The second-order valence-corrected chi connectivity index (χ2v) is 5.82. The first kappa shape index (κ1) is 13.3. The quantitative estimate of drug-likeness (QED) is 0.543. The zero-order chi connectivity index (χ0) is 15.9. The van der Waals surface area contributed by atoms with Gasteiger partial charge in [-0.2, -0.15) is 0 Å². The summed E-state index contributed by atoms with van der Waals surface area (Å²) < 4.78 is 0. The minimum atomic E-state index is 0.818. The molecule has 3 heterocycles. The van der Waals surface area contributed by atoms with Gasteiger partial charge in [0.25, 0.3) is 0 Å². The highest BCUT2D eigenvalue weighted by Gasteiger charge is 2.20. The predicted molar refractivity (Wildman–Crippen MR) is 91.0 cm³/mol. The summed E-state index contributed by atoms with van der Waals surface area (Å²) in [5, 5.41) is 22.5. The van der Waals surface area contributed by atoms with Gasteiger partial charge in [0, 0.05) is 0 Å². The maximum absolute atomic E-state index is 4.54. The summed E-state index contributed by atoms with van der Waals surface area (Å²) >= 11 is 0. The average Bonchev–Trinajstić information content (AvgIpc) is 3.25. The smallest absolute Gasteiger partial charge is 0.115 e. The zero-order valence-electron chi connectivity index (χ0n) is 13.0. The fraction of sp³-hybridized carbons (Fsp3) is 0.250. The number of nitrogens with zero attached hydrogens (tertiary/aromatic N) is 8. The molecule has 1 aliphatic rings. The topological polar surface area (TPSA) is 67.9 Å². The number of hydrogen-bond donors (Lipinski definition) is 0. The van der Waals surface area contributed by atoms with E-state index >= 15 is 0 Å². The molecule has 0 unspecified atom stereocenters. The Labute approximate surface area is 137 Å². The molecule has 5 rings (SSSR count). The lowest BCUT2D eigenvalue weighted by Crippen LogP contribution is -2.56. The molecule has 2 aromatic heterocycles. The van der Waals surface area contributed by atoms with E-state index in [2.05, 4.69) is 30.4 Å². The van der Waals surface area contributed by atoms with E-state index in [1.54, 1.807) is 9.81 Å². The van der Waals surface area contributed by atoms with E-state index in [1.807, 2.05) is 48.5 Å². The standard InChI is InChI=1S/C16H16N8/c1-2-6-14-13(5-1)17-23(18-14)21-9-11-22(12-10-21)24-19-15-7-3-4-8-16(15)20-24/h1-8H,9-12H2. The first-order valence-electron chi connectivity index (χ1n) is 8.01. The van der Waals surface area contributed by atoms with Crippen LogP contribution in [-0.4, -0.2) is 56.4 Å². The molecular weight excluding hydrogens is 304 g/mol. The molecule has 2 aromatic carbocycles. The third kappa shape index (κ3) is 2.15. The van der Waals surface area contributed by atoms with E-state index in [9.17, 15) is 0 Å². The minimum Gasteiger partial charge on any atom is -0.276 e. The first-order chi connectivity index (χ1) is 11.9. The van der Waals surface area contributed by atoms with Crippen molar-refractivity contribution >= 4 is 22.1 Å². The normalized spacial score (nSPS) is 15.5. The summed E-state index contributed by atoms with van der Waals surface area (Å²) in [5.74, 6) is 0. The lowest BCUT2D eigenvalue weighted by molar-refractivity contribution is 0.384. The number of aromatic nitrogens is 6. The van der Waals surface area contributed by atoms with E-state index in [0.29, 0.717) is 0 Å². The Hall–Kier alpha value is -3.16. The highest BCUT2D eigenvalue weighted by Crippen LogP contribution is 2.10. The van der Waals surface area contributed by atoms with Crippen molar-refractivity contribution in [2.45, 2.75) is 0 Å². The summed E-state index contributed by atoms with van der Waals surface area (Å²) in [6.07, 6.45) is 0. The Bertz CT molecular complexity index is 847. The number of benzene rings is 2. The minimum absolute atomic E-state index is 0.818. The van der Waals surface area contributed by atoms with Crippen molar-refractivity contribution in [2.24, 2.45) is 0 Å². The predicted octanol–water partition coefficient (Wildman–Crippen LogP) is 0.766. The fourth-order valence-electron chi connectivity index (χ4n) is 2.99. The Kier molecular flexibility index (Phi) is 2.87. The van der Waals surface area contributed by atoms with Crippen LogP contribution in [0.25, 0.3) is 22.1 Å². The largest absolute Gasteiger partial charge is 0.276 e. The van der Waals surface area contributed by atoms with Crippen molar-refractivity contribution in [3.05, 3.63) is 48.5 Å². The van der Waals surface area contributed by atoms with Crippen LogP contribution in [0.2, 0.25) is 0 Å². The average molecular weight is 320 g/mol. The van der Waals surface area contributed by atoms with Gasteiger partial charge in [-0.05, 0) is 24.3 Å². The van der Waals surface area contributed by atoms with Gasteiger partial charge in [-0.3, -0.25) is 10.0 Å². The molecule has 0 N–H and O–H groups in total. The van der Waals surface area contributed by atoms with Crippen LogP contribution in [0.5, 0.6) is 0 Å². The van der Waals surface area contributed by atoms with Crippen molar-refractivity contribution in [1.29, 1.82) is 0 Å². The van der Waals surface area contributed by atoms with Crippen LogP contribution in [0.1, 0.15) is 0 Å². The number of fused-ring (bicyclic) bond motifs is 2. The SMILES string of the molecule is c1ccc2nn(N3CCN(n4nc5ccccc5n4)CC3)nc2c1. The summed E-state index contributed by atoms with van der Waals surface area (Å²) in [6, 6.07) is 15.8. The lowest BCUT2D eigenvalue weighted by Gasteiger charge is -2.34. The molecule has 1 aliphatic heterocycles. The van der Waals surface area contributed by atoms with Gasteiger partial charge < -0.3 is 0 Å². The fourth-order valence-corrected chi connectivity index (χ4v) is 2.99. The first-order valence-corrected chi connectivity index (χ1v) is 8.01. The van der Waals surface area contributed by atoms with Gasteiger partial charge in [-0.15, -0.1) is 20.4 Å². The van der Waals surface area contributed by atoms with E-state index in [4.69, 9.17) is 0 Å². The molecule has 0 amide bonds. The van der Waals surface area contributed by atoms with Gasteiger partial charge in [0.1, 0.15) is 22.1 Å². The Morgan fingerprint density at radius 2 is 0.792 bits per heavy atom. The molecule has 0 radical (unpaired) electrons. The monoisotopic (exact) mass is 320 g/mol. The Morgan fingerprint density at radius 3 is 1.08 bits per heavy atom. The molecule has 24 heavy (non-hydrogen) atoms. The third-order valence-corrected chi connectivity index (χ3v) is 4.29. The summed E-state index contributed by atoms with van der Waals surface area (Å²) in [5.41, 5.74) is 3.67. The number of rotatable bonds is 2. The highest BCUT2D eigenvalue weighted by atomic mass is 15.8. The summed E-state index contributed by atoms with van der Waals surface area (Å²) in [7, 11) is 0. The van der Waals surface area contributed by atoms with Crippen molar-refractivity contribution in [3.63, 3.8) is 0 Å². The van der Waals surface area contributed by atoms with Gasteiger partial charge in [-0.25, -0.2) is 0 Å². The third-order valence-electron chi connectivity index (χ3n) is 4.29. The van der Waals surface area contributed by atoms with Crippen LogP contribution in [-0.2, 0) is 0 Å².